The number of unbranched alkanes of at least 4 members (excludes halogenated alkanes) is 4. The third-order valence-electron chi connectivity index (χ3n) is 3.30. The molecule has 0 fully saturated rings. The number of ether oxygens (including phenoxy) is 1. The first-order valence-corrected chi connectivity index (χ1v) is 8.97. The number of alkyl carbamates (subject to hydrolysis) is 1. The molecule has 0 aromatic carbocycles. The number of aryl methyl sites for hydroxylation is 1. The molecule has 0 spiro atoms. The Hall–Kier alpha value is -2.84. The van der Waals surface area contributed by atoms with Gasteiger partial charge in [-0.05, 0) is 19.3 Å². The minimum Gasteiger partial charge on any atom is -0.478 e. The molecule has 27 heavy (non-hydrogen) atoms. The lowest BCUT2D eigenvalue weighted by Crippen LogP contribution is -2.25. The molecule has 0 aliphatic carbocycles. The first-order chi connectivity index (χ1) is 13.0. The Balaban J connectivity index is 0.000000713. The Morgan fingerprint density at radius 2 is 1.78 bits per heavy atom. The summed E-state index contributed by atoms with van der Waals surface area (Å²) in [5.74, 6) is -2.51. The van der Waals surface area contributed by atoms with Crippen molar-refractivity contribution in [1.29, 1.82) is 0 Å². The second-order valence-electron chi connectivity index (χ2n) is 5.67. The van der Waals surface area contributed by atoms with Crippen LogP contribution in [0.4, 0.5) is 4.79 Å². The number of rotatable bonds is 12. The molecule has 1 heterocycles. The van der Waals surface area contributed by atoms with E-state index in [1.54, 1.807) is 12.5 Å². The van der Waals surface area contributed by atoms with Gasteiger partial charge in [0, 0.05) is 30.6 Å². The van der Waals surface area contributed by atoms with Gasteiger partial charge in [-0.2, -0.15) is 0 Å². The van der Waals surface area contributed by atoms with Crippen LogP contribution >= 0.6 is 0 Å². The van der Waals surface area contributed by atoms with E-state index in [0.717, 1.165) is 25.0 Å². The molecule has 0 atom stereocenters. The highest BCUT2D eigenvalue weighted by Crippen LogP contribution is 2.01. The lowest BCUT2D eigenvalue weighted by atomic mass is 10.1. The maximum atomic E-state index is 11.3. The molecule has 1 rings (SSSR count). The Morgan fingerprint density at radius 1 is 1.11 bits per heavy atom. The van der Waals surface area contributed by atoms with Gasteiger partial charge in [-0.15, -0.1) is 0 Å². The molecule has 1 aromatic heterocycles. The highest BCUT2D eigenvalue weighted by atomic mass is 16.5. The SMILES string of the molecule is CCCCCCCNC(=O)OCCCc1cnc[nH]1.O=C(O)/C=C/C(=O)O. The van der Waals surface area contributed by atoms with Crippen LogP contribution in [-0.2, 0) is 20.7 Å². The van der Waals surface area contributed by atoms with Crippen molar-refractivity contribution in [1.82, 2.24) is 15.3 Å². The van der Waals surface area contributed by atoms with Crippen molar-refractivity contribution in [2.24, 2.45) is 0 Å². The fourth-order valence-electron chi connectivity index (χ4n) is 1.96. The van der Waals surface area contributed by atoms with Gasteiger partial charge in [0.2, 0.25) is 0 Å². The number of H-pyrrole nitrogens is 1. The zero-order valence-corrected chi connectivity index (χ0v) is 15.6. The number of hydrogen-bond donors (Lipinski definition) is 4. The zero-order valence-electron chi connectivity index (χ0n) is 15.6. The van der Waals surface area contributed by atoms with E-state index in [1.807, 2.05) is 0 Å². The summed E-state index contributed by atoms with van der Waals surface area (Å²) >= 11 is 0. The first kappa shape index (κ1) is 24.2. The fraction of sp³-hybridized carbons (Fsp3) is 0.556. The van der Waals surface area contributed by atoms with E-state index < -0.39 is 11.9 Å². The molecular formula is C18H29N3O6. The standard InChI is InChI=1S/C14H25N3O2.C4H4O4/c1-2-3-4-5-6-9-16-14(18)19-10-7-8-13-11-15-12-17-13;5-3(6)1-2-4(7)8/h11-12H,2-10H2,1H3,(H,15,17)(H,16,18);1-2H,(H,5,6)(H,7,8)/b;2-1+. The third kappa shape index (κ3) is 17.8. The Bertz CT molecular complexity index is 541. The van der Waals surface area contributed by atoms with Gasteiger partial charge in [-0.25, -0.2) is 19.4 Å². The normalized spacial score (nSPS) is 10.1. The van der Waals surface area contributed by atoms with Crippen LogP contribution in [0.1, 0.15) is 51.1 Å². The molecule has 152 valence electrons. The number of carbonyl (C=O) groups is 3. The van der Waals surface area contributed by atoms with Gasteiger partial charge in [0.05, 0.1) is 12.9 Å². The van der Waals surface area contributed by atoms with Crippen LogP contribution in [0.25, 0.3) is 0 Å². The van der Waals surface area contributed by atoms with Gasteiger partial charge >= 0.3 is 18.0 Å². The number of nitrogens with one attached hydrogen (secondary N) is 2. The number of aromatic nitrogens is 2. The van der Waals surface area contributed by atoms with Crippen molar-refractivity contribution in [3.8, 4) is 0 Å². The summed E-state index contributed by atoms with van der Waals surface area (Å²) in [7, 11) is 0. The monoisotopic (exact) mass is 383 g/mol. The molecule has 0 radical (unpaired) electrons. The predicted molar refractivity (Wildman–Crippen MR) is 99.4 cm³/mol. The van der Waals surface area contributed by atoms with Crippen LogP contribution in [0.2, 0.25) is 0 Å². The number of aromatic amines is 1. The molecule has 0 aliphatic rings. The Morgan fingerprint density at radius 3 is 2.33 bits per heavy atom. The van der Waals surface area contributed by atoms with E-state index in [4.69, 9.17) is 14.9 Å². The fourth-order valence-corrected chi connectivity index (χ4v) is 1.96. The Labute approximate surface area is 158 Å². The van der Waals surface area contributed by atoms with Crippen LogP contribution in [0, 0.1) is 0 Å². The minimum absolute atomic E-state index is 0.305. The molecule has 0 bridgehead atoms. The number of carboxylic acids is 2. The molecular weight excluding hydrogens is 354 g/mol. The number of aliphatic carboxylic acids is 2. The van der Waals surface area contributed by atoms with Crippen molar-refractivity contribution >= 4 is 18.0 Å². The van der Waals surface area contributed by atoms with Gasteiger partial charge < -0.3 is 25.3 Å². The van der Waals surface area contributed by atoms with Gasteiger partial charge in [-0.3, -0.25) is 0 Å². The van der Waals surface area contributed by atoms with Crippen LogP contribution in [0.15, 0.2) is 24.7 Å². The number of hydrogen-bond acceptors (Lipinski definition) is 5. The highest BCUT2D eigenvalue weighted by molar-refractivity contribution is 5.89. The maximum absolute atomic E-state index is 11.3. The summed E-state index contributed by atoms with van der Waals surface area (Å²) in [5, 5.41) is 18.4. The van der Waals surface area contributed by atoms with Crippen molar-refractivity contribution < 1.29 is 29.3 Å². The van der Waals surface area contributed by atoms with Crippen LogP contribution in [0.5, 0.6) is 0 Å². The smallest absolute Gasteiger partial charge is 0.407 e. The van der Waals surface area contributed by atoms with Crippen LogP contribution in [0.3, 0.4) is 0 Å². The zero-order chi connectivity index (χ0) is 20.3. The van der Waals surface area contributed by atoms with Crippen molar-refractivity contribution in [3.05, 3.63) is 30.4 Å². The lowest BCUT2D eigenvalue weighted by Gasteiger charge is -2.06. The van der Waals surface area contributed by atoms with E-state index in [1.165, 1.54) is 25.7 Å². The van der Waals surface area contributed by atoms with Crippen LogP contribution < -0.4 is 5.32 Å². The lowest BCUT2D eigenvalue weighted by molar-refractivity contribution is -0.134. The van der Waals surface area contributed by atoms with Crippen LogP contribution in [-0.4, -0.2) is 51.4 Å². The largest absolute Gasteiger partial charge is 0.478 e. The van der Waals surface area contributed by atoms with Gasteiger partial charge in [-0.1, -0.05) is 32.6 Å². The predicted octanol–water partition coefficient (Wildman–Crippen LogP) is 2.75. The third-order valence-corrected chi connectivity index (χ3v) is 3.30. The molecule has 0 aliphatic heterocycles. The molecule has 0 unspecified atom stereocenters. The number of nitrogens with zero attached hydrogens (tertiary/aromatic N) is 1. The summed E-state index contributed by atoms with van der Waals surface area (Å²) in [6, 6.07) is 0. The van der Waals surface area contributed by atoms with E-state index >= 15 is 0 Å². The summed E-state index contributed by atoms with van der Waals surface area (Å²) in [5.41, 5.74) is 1.07. The number of imidazole rings is 1. The second kappa shape index (κ2) is 16.6. The van der Waals surface area contributed by atoms with E-state index in [9.17, 15) is 14.4 Å². The first-order valence-electron chi connectivity index (χ1n) is 8.97. The van der Waals surface area contributed by atoms with Gasteiger partial charge in [0.1, 0.15) is 0 Å². The van der Waals surface area contributed by atoms with Crippen molar-refractivity contribution in [2.45, 2.75) is 51.9 Å². The topological polar surface area (TPSA) is 142 Å². The molecule has 0 saturated heterocycles. The average Bonchev–Trinajstić information content (AvgIpc) is 3.14. The summed E-state index contributed by atoms with van der Waals surface area (Å²) in [6.07, 6.45) is 11.9. The van der Waals surface area contributed by atoms with Gasteiger partial charge in [0.15, 0.2) is 0 Å². The molecule has 1 amide bonds. The average molecular weight is 383 g/mol. The number of carbonyl (C=O) groups excluding carboxylic acids is 1. The summed E-state index contributed by atoms with van der Waals surface area (Å²) < 4.78 is 5.08. The number of amides is 1. The van der Waals surface area contributed by atoms with Crippen molar-refractivity contribution in [2.75, 3.05) is 13.2 Å². The van der Waals surface area contributed by atoms with E-state index in [0.29, 0.717) is 25.3 Å². The van der Waals surface area contributed by atoms with E-state index in [-0.39, 0.29) is 6.09 Å². The summed E-state index contributed by atoms with van der Waals surface area (Å²) in [6.45, 7) is 3.35. The molecule has 4 N–H and O–H groups in total. The molecule has 9 heteroatoms. The second-order valence-corrected chi connectivity index (χ2v) is 5.67. The maximum Gasteiger partial charge on any atom is 0.407 e. The molecule has 0 saturated carbocycles. The quantitative estimate of drug-likeness (QED) is 0.321. The van der Waals surface area contributed by atoms with Crippen molar-refractivity contribution in [3.63, 3.8) is 0 Å². The highest BCUT2D eigenvalue weighted by Gasteiger charge is 2.01. The van der Waals surface area contributed by atoms with E-state index in [2.05, 4.69) is 22.2 Å². The minimum atomic E-state index is -1.26. The Kier molecular flexibility index (Phi) is 14.9. The molecule has 9 nitrogen and oxygen atoms in total. The molecule has 1 aromatic rings. The van der Waals surface area contributed by atoms with Gasteiger partial charge in [0.25, 0.3) is 0 Å². The number of carboxylic acid groups (broad SMARTS) is 2. The summed E-state index contributed by atoms with van der Waals surface area (Å²) in [4.78, 5) is 37.4.